The molecule has 2 aromatic rings. The molecule has 166 valence electrons. The SMILES string of the molecule is CN1CCC(CN=C(NCCc2ccccc2F)Nc2ccc3c(c2)OCCCO3)C1. The monoisotopic (exact) mass is 426 g/mol. The fraction of sp³-hybridized carbons (Fsp3) is 0.458. The number of hydrogen-bond donors (Lipinski definition) is 2. The minimum Gasteiger partial charge on any atom is -0.490 e. The molecule has 1 saturated heterocycles. The summed E-state index contributed by atoms with van der Waals surface area (Å²) in [7, 11) is 2.15. The van der Waals surface area contributed by atoms with E-state index in [0.29, 0.717) is 43.6 Å². The van der Waals surface area contributed by atoms with E-state index in [1.807, 2.05) is 30.3 Å². The molecule has 2 aliphatic heterocycles. The van der Waals surface area contributed by atoms with Crippen LogP contribution in [0.25, 0.3) is 0 Å². The van der Waals surface area contributed by atoms with Gasteiger partial charge in [0.25, 0.3) is 0 Å². The van der Waals surface area contributed by atoms with Crippen LogP contribution in [-0.4, -0.2) is 57.3 Å². The van der Waals surface area contributed by atoms with E-state index < -0.39 is 0 Å². The maximum Gasteiger partial charge on any atom is 0.195 e. The largest absolute Gasteiger partial charge is 0.490 e. The summed E-state index contributed by atoms with van der Waals surface area (Å²) >= 11 is 0. The number of likely N-dealkylation sites (tertiary alicyclic amines) is 1. The number of halogens is 1. The molecular formula is C24H31FN4O2. The standard InChI is InChI=1S/C24H31FN4O2/c1-29-12-10-18(17-29)16-27-24(26-11-9-19-5-2-3-6-21(19)25)28-20-7-8-22-23(15-20)31-14-4-13-30-22/h2-3,5-8,15,18H,4,9-14,16-17H2,1H3,(H2,26,27,28). The Balaban J connectivity index is 1.42. The lowest BCUT2D eigenvalue weighted by molar-refractivity contribution is 0.297. The van der Waals surface area contributed by atoms with Gasteiger partial charge in [-0.1, -0.05) is 18.2 Å². The number of fused-ring (bicyclic) bond motifs is 1. The van der Waals surface area contributed by atoms with Gasteiger partial charge in [0.2, 0.25) is 0 Å². The van der Waals surface area contributed by atoms with Gasteiger partial charge in [-0.15, -0.1) is 0 Å². The quantitative estimate of drug-likeness (QED) is 0.547. The van der Waals surface area contributed by atoms with E-state index in [1.54, 1.807) is 6.07 Å². The van der Waals surface area contributed by atoms with Crippen molar-refractivity contribution in [3.8, 4) is 11.5 Å². The Labute approximate surface area is 183 Å². The normalized spacial score (nSPS) is 19.2. The maximum atomic E-state index is 13.9. The molecule has 1 fully saturated rings. The number of nitrogens with zero attached hydrogens (tertiary/aromatic N) is 2. The Hall–Kier alpha value is -2.80. The molecule has 4 rings (SSSR count). The molecule has 31 heavy (non-hydrogen) atoms. The third kappa shape index (κ3) is 6.10. The predicted octanol–water partition coefficient (Wildman–Crippen LogP) is 3.54. The van der Waals surface area contributed by atoms with Crippen LogP contribution in [0.1, 0.15) is 18.4 Å². The number of anilines is 1. The van der Waals surface area contributed by atoms with Gasteiger partial charge >= 0.3 is 0 Å². The Morgan fingerprint density at radius 2 is 2.00 bits per heavy atom. The highest BCUT2D eigenvalue weighted by atomic mass is 19.1. The fourth-order valence-corrected chi connectivity index (χ4v) is 3.93. The number of benzene rings is 2. The van der Waals surface area contributed by atoms with Crippen LogP contribution in [0.5, 0.6) is 11.5 Å². The highest BCUT2D eigenvalue weighted by Gasteiger charge is 2.19. The minimum atomic E-state index is -0.173. The van der Waals surface area contributed by atoms with Gasteiger partial charge in [0.1, 0.15) is 5.82 Å². The van der Waals surface area contributed by atoms with Crippen molar-refractivity contribution >= 4 is 11.6 Å². The first-order chi connectivity index (χ1) is 15.2. The second-order valence-corrected chi connectivity index (χ2v) is 8.21. The topological polar surface area (TPSA) is 58.1 Å². The lowest BCUT2D eigenvalue weighted by atomic mass is 10.1. The summed E-state index contributed by atoms with van der Waals surface area (Å²) in [6, 6.07) is 12.7. The summed E-state index contributed by atoms with van der Waals surface area (Å²) in [4.78, 5) is 7.16. The molecule has 2 aliphatic rings. The van der Waals surface area contributed by atoms with Crippen LogP contribution >= 0.6 is 0 Å². The van der Waals surface area contributed by atoms with E-state index in [1.165, 1.54) is 6.07 Å². The van der Waals surface area contributed by atoms with Gasteiger partial charge in [-0.3, -0.25) is 4.99 Å². The van der Waals surface area contributed by atoms with Crippen LogP contribution in [0.2, 0.25) is 0 Å². The van der Waals surface area contributed by atoms with Crippen molar-refractivity contribution in [3.63, 3.8) is 0 Å². The van der Waals surface area contributed by atoms with Crippen LogP contribution in [-0.2, 0) is 6.42 Å². The molecule has 2 aromatic carbocycles. The average molecular weight is 427 g/mol. The third-order valence-electron chi connectivity index (χ3n) is 5.65. The Bertz CT molecular complexity index is 905. The number of guanidine groups is 1. The van der Waals surface area contributed by atoms with Crippen molar-refractivity contribution in [3.05, 3.63) is 53.8 Å². The van der Waals surface area contributed by atoms with E-state index >= 15 is 0 Å². The van der Waals surface area contributed by atoms with Crippen LogP contribution in [0.3, 0.4) is 0 Å². The molecule has 0 bridgehead atoms. The molecule has 7 heteroatoms. The summed E-state index contributed by atoms with van der Waals surface area (Å²) in [6.07, 6.45) is 2.62. The first-order valence-corrected chi connectivity index (χ1v) is 11.0. The van der Waals surface area contributed by atoms with Crippen LogP contribution in [0, 0.1) is 11.7 Å². The molecule has 0 spiro atoms. The molecule has 0 aliphatic carbocycles. The van der Waals surface area contributed by atoms with E-state index in [0.717, 1.165) is 49.7 Å². The summed E-state index contributed by atoms with van der Waals surface area (Å²) in [5, 5.41) is 6.74. The van der Waals surface area contributed by atoms with Gasteiger partial charge in [-0.05, 0) is 56.1 Å². The molecule has 0 radical (unpaired) electrons. The molecule has 1 unspecified atom stereocenters. The van der Waals surface area contributed by atoms with Gasteiger partial charge in [0.05, 0.1) is 13.2 Å². The predicted molar refractivity (Wildman–Crippen MR) is 122 cm³/mol. The number of aliphatic imine (C=N–C) groups is 1. The van der Waals surface area contributed by atoms with Crippen LogP contribution in [0.4, 0.5) is 10.1 Å². The van der Waals surface area contributed by atoms with Gasteiger partial charge in [-0.2, -0.15) is 0 Å². The van der Waals surface area contributed by atoms with E-state index in [-0.39, 0.29) is 5.82 Å². The molecule has 2 heterocycles. The number of hydrogen-bond acceptors (Lipinski definition) is 4. The molecule has 0 saturated carbocycles. The number of rotatable bonds is 6. The van der Waals surface area contributed by atoms with Crippen molar-refractivity contribution in [1.82, 2.24) is 10.2 Å². The second kappa shape index (κ2) is 10.5. The average Bonchev–Trinajstić information content (AvgIpc) is 3.04. The first-order valence-electron chi connectivity index (χ1n) is 11.0. The summed E-state index contributed by atoms with van der Waals surface area (Å²) in [6.45, 7) is 4.83. The highest BCUT2D eigenvalue weighted by molar-refractivity contribution is 5.94. The maximum absolute atomic E-state index is 13.9. The van der Waals surface area contributed by atoms with Crippen molar-refractivity contribution in [1.29, 1.82) is 0 Å². The third-order valence-corrected chi connectivity index (χ3v) is 5.65. The van der Waals surface area contributed by atoms with Crippen molar-refractivity contribution in [2.75, 3.05) is 51.8 Å². The zero-order valence-electron chi connectivity index (χ0n) is 18.1. The lowest BCUT2D eigenvalue weighted by Crippen LogP contribution is -2.33. The van der Waals surface area contributed by atoms with E-state index in [9.17, 15) is 4.39 Å². The summed E-state index contributed by atoms with van der Waals surface area (Å²) in [5.74, 6) is 2.58. The Morgan fingerprint density at radius 1 is 1.16 bits per heavy atom. The molecule has 0 aromatic heterocycles. The molecule has 0 amide bonds. The minimum absolute atomic E-state index is 0.173. The molecule has 1 atom stereocenters. The van der Waals surface area contributed by atoms with Crippen molar-refractivity contribution in [2.45, 2.75) is 19.3 Å². The second-order valence-electron chi connectivity index (χ2n) is 8.21. The molecule has 6 nitrogen and oxygen atoms in total. The van der Waals surface area contributed by atoms with E-state index in [2.05, 4.69) is 22.6 Å². The fourth-order valence-electron chi connectivity index (χ4n) is 3.93. The zero-order valence-corrected chi connectivity index (χ0v) is 18.1. The zero-order chi connectivity index (χ0) is 21.5. The van der Waals surface area contributed by atoms with Gasteiger partial charge in [-0.25, -0.2) is 4.39 Å². The highest BCUT2D eigenvalue weighted by Crippen LogP contribution is 2.32. The van der Waals surface area contributed by atoms with E-state index in [4.69, 9.17) is 14.5 Å². The lowest BCUT2D eigenvalue weighted by Gasteiger charge is -2.16. The smallest absolute Gasteiger partial charge is 0.195 e. The summed E-state index contributed by atoms with van der Waals surface area (Å²) in [5.41, 5.74) is 1.58. The molecule has 2 N–H and O–H groups in total. The van der Waals surface area contributed by atoms with Crippen molar-refractivity contribution < 1.29 is 13.9 Å². The first kappa shape index (κ1) is 21.4. The van der Waals surface area contributed by atoms with Gasteiger partial charge in [0, 0.05) is 37.8 Å². The van der Waals surface area contributed by atoms with Gasteiger partial charge in [0.15, 0.2) is 17.5 Å². The Kier molecular flexibility index (Phi) is 7.25. The Morgan fingerprint density at radius 3 is 2.81 bits per heavy atom. The van der Waals surface area contributed by atoms with Crippen LogP contribution < -0.4 is 20.1 Å². The van der Waals surface area contributed by atoms with Crippen molar-refractivity contribution in [2.24, 2.45) is 10.9 Å². The van der Waals surface area contributed by atoms with Crippen LogP contribution in [0.15, 0.2) is 47.5 Å². The number of ether oxygens (including phenoxy) is 2. The summed E-state index contributed by atoms with van der Waals surface area (Å²) < 4.78 is 25.5. The molecular weight excluding hydrogens is 395 g/mol. The van der Waals surface area contributed by atoms with Gasteiger partial charge < -0.3 is 25.0 Å². The number of nitrogens with one attached hydrogen (secondary N) is 2.